The van der Waals surface area contributed by atoms with Crippen LogP contribution in [0.4, 0.5) is 0 Å². The predicted octanol–water partition coefficient (Wildman–Crippen LogP) is 2.75. The van der Waals surface area contributed by atoms with Crippen molar-refractivity contribution in [3.63, 3.8) is 0 Å². The zero-order chi connectivity index (χ0) is 11.5. The number of thiophene rings is 1. The second kappa shape index (κ2) is 4.67. The Bertz CT molecular complexity index is 514. The molecule has 2 rings (SSSR count). The monoisotopic (exact) mass is 251 g/mol. The zero-order valence-corrected chi connectivity index (χ0v) is 10.2. The van der Waals surface area contributed by atoms with Crippen LogP contribution in [0, 0.1) is 6.92 Å². The van der Waals surface area contributed by atoms with E-state index in [1.165, 1.54) is 22.7 Å². The Balaban J connectivity index is 2.18. The highest BCUT2D eigenvalue weighted by Gasteiger charge is 2.13. The summed E-state index contributed by atoms with van der Waals surface area (Å²) in [5.41, 5.74) is 3.10. The van der Waals surface area contributed by atoms with E-state index in [0.29, 0.717) is 16.9 Å². The van der Waals surface area contributed by atoms with Crippen molar-refractivity contribution in [2.45, 2.75) is 13.3 Å². The summed E-state index contributed by atoms with van der Waals surface area (Å²) < 4.78 is 0. The maximum atomic E-state index is 11.9. The van der Waals surface area contributed by atoms with Gasteiger partial charge in [0.2, 0.25) is 0 Å². The van der Waals surface area contributed by atoms with Crippen LogP contribution in [-0.2, 0) is 6.42 Å². The van der Waals surface area contributed by atoms with Gasteiger partial charge in [-0.25, -0.2) is 4.98 Å². The minimum Gasteiger partial charge on any atom is -0.298 e. The van der Waals surface area contributed by atoms with Gasteiger partial charge >= 0.3 is 0 Å². The Hall–Kier alpha value is -1.33. The first-order valence-corrected chi connectivity index (χ1v) is 6.42. The molecule has 16 heavy (non-hydrogen) atoms. The molecule has 0 aliphatic heterocycles. The zero-order valence-electron chi connectivity index (χ0n) is 8.60. The number of aldehydes is 1. The first-order valence-electron chi connectivity index (χ1n) is 4.66. The van der Waals surface area contributed by atoms with Crippen LogP contribution in [0.5, 0.6) is 0 Å². The fourth-order valence-electron chi connectivity index (χ4n) is 1.33. The maximum Gasteiger partial charge on any atom is 0.178 e. The Labute approximate surface area is 101 Å². The molecule has 0 amide bonds. The highest BCUT2D eigenvalue weighted by molar-refractivity contribution is 7.14. The van der Waals surface area contributed by atoms with E-state index in [1.54, 1.807) is 11.6 Å². The van der Waals surface area contributed by atoms with Gasteiger partial charge in [0, 0.05) is 15.8 Å². The molecule has 2 heterocycles. The molecule has 2 aromatic rings. The molecule has 0 saturated carbocycles. The molecule has 0 spiro atoms. The summed E-state index contributed by atoms with van der Waals surface area (Å²) in [7, 11) is 0. The number of ketones is 1. The van der Waals surface area contributed by atoms with Crippen molar-refractivity contribution >= 4 is 34.7 Å². The van der Waals surface area contributed by atoms with Crippen LogP contribution in [-0.4, -0.2) is 17.1 Å². The lowest BCUT2D eigenvalue weighted by molar-refractivity contribution is 0.0996. The van der Waals surface area contributed by atoms with E-state index in [0.717, 1.165) is 16.9 Å². The van der Waals surface area contributed by atoms with Crippen LogP contribution < -0.4 is 0 Å². The number of rotatable bonds is 4. The predicted molar refractivity (Wildman–Crippen MR) is 64.6 cm³/mol. The summed E-state index contributed by atoms with van der Waals surface area (Å²) in [4.78, 5) is 28.1. The molecule has 3 nitrogen and oxygen atoms in total. The van der Waals surface area contributed by atoms with E-state index in [4.69, 9.17) is 0 Å². The summed E-state index contributed by atoms with van der Waals surface area (Å²) in [5.74, 6) is 0.0205. The van der Waals surface area contributed by atoms with Gasteiger partial charge in [0.1, 0.15) is 0 Å². The third-order valence-corrected chi connectivity index (χ3v) is 3.93. The van der Waals surface area contributed by atoms with Crippen molar-refractivity contribution in [3.8, 4) is 0 Å². The second-order valence-corrected chi connectivity index (χ2v) is 5.29. The van der Waals surface area contributed by atoms with Crippen LogP contribution in [0.15, 0.2) is 17.0 Å². The van der Waals surface area contributed by atoms with Gasteiger partial charge in [-0.05, 0) is 13.0 Å². The van der Waals surface area contributed by atoms with Crippen molar-refractivity contribution in [3.05, 3.63) is 38.0 Å². The molecule has 0 unspecified atom stereocenters. The third-order valence-electron chi connectivity index (χ3n) is 2.18. The molecule has 82 valence electrons. The van der Waals surface area contributed by atoms with Crippen molar-refractivity contribution in [1.29, 1.82) is 0 Å². The van der Waals surface area contributed by atoms with Gasteiger partial charge in [-0.3, -0.25) is 9.59 Å². The number of Topliss-reactive ketones (excluding diaryl/α,β-unsaturated/α-hetero) is 1. The van der Waals surface area contributed by atoms with E-state index < -0.39 is 0 Å². The Kier molecular flexibility index (Phi) is 3.26. The molecule has 0 radical (unpaired) electrons. The standard InChI is InChI=1S/C11H9NO2S2/c1-7-8(4-13)2-11(16-7)10(14)3-9-5-15-6-12-9/h2,4-6H,3H2,1H3. The van der Waals surface area contributed by atoms with E-state index >= 15 is 0 Å². The maximum absolute atomic E-state index is 11.9. The summed E-state index contributed by atoms with van der Waals surface area (Å²) in [6, 6.07) is 1.65. The Morgan fingerprint density at radius 1 is 1.56 bits per heavy atom. The van der Waals surface area contributed by atoms with Crippen LogP contribution in [0.1, 0.15) is 30.6 Å². The molecular weight excluding hydrogens is 242 g/mol. The average molecular weight is 251 g/mol. The molecule has 0 fully saturated rings. The van der Waals surface area contributed by atoms with Gasteiger partial charge in [-0.2, -0.15) is 0 Å². The summed E-state index contributed by atoms with van der Waals surface area (Å²) in [5, 5.41) is 1.86. The number of hydrogen-bond donors (Lipinski definition) is 0. The lowest BCUT2D eigenvalue weighted by Gasteiger charge is -1.93. The first-order chi connectivity index (χ1) is 7.70. The van der Waals surface area contributed by atoms with Gasteiger partial charge in [0.25, 0.3) is 0 Å². The van der Waals surface area contributed by atoms with Crippen molar-refractivity contribution in [2.24, 2.45) is 0 Å². The third kappa shape index (κ3) is 2.25. The SMILES string of the molecule is Cc1sc(C(=O)Cc2cscn2)cc1C=O. The van der Waals surface area contributed by atoms with Crippen molar-refractivity contribution in [2.75, 3.05) is 0 Å². The number of aromatic nitrogens is 1. The van der Waals surface area contributed by atoms with Crippen LogP contribution >= 0.6 is 22.7 Å². The molecule has 5 heteroatoms. The van der Waals surface area contributed by atoms with Gasteiger partial charge in [-0.1, -0.05) is 0 Å². The lowest BCUT2D eigenvalue weighted by atomic mass is 10.2. The minimum atomic E-state index is 0.0205. The molecule has 0 saturated heterocycles. The number of nitrogens with zero attached hydrogens (tertiary/aromatic N) is 1. The minimum absolute atomic E-state index is 0.0205. The molecule has 2 aromatic heterocycles. The summed E-state index contributed by atoms with van der Waals surface area (Å²) in [6.45, 7) is 1.84. The fourth-order valence-corrected chi connectivity index (χ4v) is 2.81. The van der Waals surface area contributed by atoms with Gasteiger partial charge in [-0.15, -0.1) is 22.7 Å². The Morgan fingerprint density at radius 3 is 2.94 bits per heavy atom. The number of hydrogen-bond acceptors (Lipinski definition) is 5. The van der Waals surface area contributed by atoms with Crippen LogP contribution in [0.3, 0.4) is 0 Å². The highest BCUT2D eigenvalue weighted by atomic mass is 32.1. The van der Waals surface area contributed by atoms with Gasteiger partial charge < -0.3 is 0 Å². The largest absolute Gasteiger partial charge is 0.298 e. The average Bonchev–Trinajstić information content (AvgIpc) is 2.87. The van der Waals surface area contributed by atoms with E-state index in [2.05, 4.69) is 4.98 Å². The fraction of sp³-hybridized carbons (Fsp3) is 0.182. The number of thiazole rings is 1. The molecule has 0 bridgehead atoms. The quantitative estimate of drug-likeness (QED) is 0.620. The molecular formula is C11H9NO2S2. The molecule has 0 aliphatic carbocycles. The lowest BCUT2D eigenvalue weighted by Crippen LogP contribution is -2.01. The summed E-state index contributed by atoms with van der Waals surface area (Å²) in [6.07, 6.45) is 1.09. The topological polar surface area (TPSA) is 47.0 Å². The molecule has 0 atom stereocenters. The molecule has 0 N–H and O–H groups in total. The first kappa shape index (κ1) is 11.2. The van der Waals surface area contributed by atoms with Gasteiger partial charge in [0.05, 0.1) is 22.5 Å². The van der Waals surface area contributed by atoms with Crippen molar-refractivity contribution in [1.82, 2.24) is 4.98 Å². The Morgan fingerprint density at radius 2 is 2.38 bits per heavy atom. The number of carbonyl (C=O) groups excluding carboxylic acids is 2. The van der Waals surface area contributed by atoms with Gasteiger partial charge in [0.15, 0.2) is 12.1 Å². The van der Waals surface area contributed by atoms with Crippen LogP contribution in [0.25, 0.3) is 0 Å². The molecule has 0 aromatic carbocycles. The summed E-state index contributed by atoms with van der Waals surface area (Å²) >= 11 is 2.84. The number of aryl methyl sites for hydroxylation is 1. The molecule has 0 aliphatic rings. The normalized spacial score (nSPS) is 10.3. The van der Waals surface area contributed by atoms with Crippen LogP contribution in [0.2, 0.25) is 0 Å². The van der Waals surface area contributed by atoms with Crippen molar-refractivity contribution < 1.29 is 9.59 Å². The van der Waals surface area contributed by atoms with E-state index in [1.807, 2.05) is 12.3 Å². The van der Waals surface area contributed by atoms with E-state index in [-0.39, 0.29) is 5.78 Å². The van der Waals surface area contributed by atoms with E-state index in [9.17, 15) is 9.59 Å². The highest BCUT2D eigenvalue weighted by Crippen LogP contribution is 2.21. The number of carbonyl (C=O) groups is 2. The smallest absolute Gasteiger partial charge is 0.178 e. The second-order valence-electron chi connectivity index (χ2n) is 3.32.